The van der Waals surface area contributed by atoms with E-state index in [0.29, 0.717) is 19.3 Å². The number of benzene rings is 1. The maximum absolute atomic E-state index is 13.3. The Morgan fingerprint density at radius 2 is 1.66 bits per heavy atom. The first-order valence-electron chi connectivity index (χ1n) is 11.2. The van der Waals surface area contributed by atoms with Crippen molar-refractivity contribution in [3.8, 4) is 5.75 Å². The average molecular weight is 467 g/mol. The Balaban J connectivity index is 1.88. The van der Waals surface area contributed by atoms with Gasteiger partial charge in [0.05, 0.1) is 11.3 Å². The molecule has 178 valence electrons. The second-order valence-corrected chi connectivity index (χ2v) is 12.2. The highest BCUT2D eigenvalue weighted by atomic mass is 32.2. The Hall–Kier alpha value is -2.09. The van der Waals surface area contributed by atoms with Gasteiger partial charge in [0.15, 0.2) is 0 Å². The number of para-hydroxylation sites is 1. The van der Waals surface area contributed by atoms with Gasteiger partial charge >= 0.3 is 22.1 Å². The first-order valence-corrected chi connectivity index (χ1v) is 12.6. The normalized spacial score (nSPS) is 27.8. The van der Waals surface area contributed by atoms with Gasteiger partial charge in [0.25, 0.3) is 0 Å². The maximum Gasteiger partial charge on any atom is 0.313 e. The lowest BCUT2D eigenvalue weighted by Gasteiger charge is -2.35. The molecule has 1 aromatic rings. The van der Waals surface area contributed by atoms with E-state index in [4.69, 9.17) is 13.7 Å². The van der Waals surface area contributed by atoms with E-state index in [9.17, 15) is 18.0 Å². The summed E-state index contributed by atoms with van der Waals surface area (Å²) in [6.07, 6.45) is 0.956. The largest absolute Gasteiger partial charge is 0.462 e. The summed E-state index contributed by atoms with van der Waals surface area (Å²) in [6, 6.07) is 8.25. The van der Waals surface area contributed by atoms with Crippen LogP contribution in [0.5, 0.6) is 5.75 Å². The molecule has 0 radical (unpaired) electrons. The molecule has 1 aromatic carbocycles. The zero-order chi connectivity index (χ0) is 23.9. The third-order valence-electron chi connectivity index (χ3n) is 6.53. The van der Waals surface area contributed by atoms with Crippen LogP contribution in [-0.2, 0) is 29.2 Å². The quantitative estimate of drug-likeness (QED) is 0.441. The van der Waals surface area contributed by atoms with Crippen LogP contribution in [0.15, 0.2) is 30.3 Å². The van der Waals surface area contributed by atoms with Crippen molar-refractivity contribution in [1.29, 1.82) is 0 Å². The highest BCUT2D eigenvalue weighted by Gasteiger charge is 2.63. The first kappa shape index (κ1) is 24.6. The lowest BCUT2D eigenvalue weighted by atomic mass is 9.85. The molecule has 32 heavy (non-hydrogen) atoms. The van der Waals surface area contributed by atoms with Crippen LogP contribution in [0.4, 0.5) is 0 Å². The molecule has 2 saturated carbocycles. The third-order valence-corrected chi connectivity index (χ3v) is 8.30. The van der Waals surface area contributed by atoms with Crippen molar-refractivity contribution >= 4 is 22.1 Å². The molecule has 2 aliphatic rings. The average Bonchev–Trinajstić information content (AvgIpc) is 3.25. The van der Waals surface area contributed by atoms with Crippen LogP contribution in [0, 0.1) is 23.2 Å². The van der Waals surface area contributed by atoms with Crippen molar-refractivity contribution in [2.24, 2.45) is 23.2 Å². The van der Waals surface area contributed by atoms with Crippen molar-refractivity contribution in [2.75, 3.05) is 0 Å². The van der Waals surface area contributed by atoms with Crippen LogP contribution in [0.2, 0.25) is 0 Å². The zero-order valence-electron chi connectivity index (χ0n) is 19.7. The fourth-order valence-electron chi connectivity index (χ4n) is 4.59. The summed E-state index contributed by atoms with van der Waals surface area (Å²) in [5, 5.41) is -1.04. The molecule has 0 N–H and O–H groups in total. The molecule has 0 aromatic heterocycles. The van der Waals surface area contributed by atoms with E-state index < -0.39 is 50.3 Å². The van der Waals surface area contributed by atoms with Crippen LogP contribution in [0.25, 0.3) is 0 Å². The van der Waals surface area contributed by atoms with Gasteiger partial charge in [-0.3, -0.25) is 9.59 Å². The summed E-state index contributed by atoms with van der Waals surface area (Å²) in [5.41, 5.74) is -1.42. The molecule has 0 aliphatic heterocycles. The zero-order valence-corrected chi connectivity index (χ0v) is 20.5. The second kappa shape index (κ2) is 8.69. The standard InChI is InChI=1S/C24H34O7S/c1-7-24(5,6)22(26)29-18-14-15-13-17(18)19(21(25)30-23(2,3)4)20(15)32(27,28)31-16-11-9-8-10-12-16/h8-12,15,17-20H,7,13-14H2,1-6H3. The third kappa shape index (κ3) is 5.11. The van der Waals surface area contributed by atoms with Crippen molar-refractivity contribution in [2.45, 2.75) is 77.8 Å². The Kier molecular flexibility index (Phi) is 6.67. The Bertz CT molecular complexity index is 946. The Labute approximate surface area is 190 Å². The number of carbonyl (C=O) groups is 2. The molecule has 0 heterocycles. The highest BCUT2D eigenvalue weighted by Crippen LogP contribution is 2.53. The smallest absolute Gasteiger partial charge is 0.313 e. The van der Waals surface area contributed by atoms with E-state index in [-0.39, 0.29) is 17.6 Å². The summed E-state index contributed by atoms with van der Waals surface area (Å²) >= 11 is 0. The molecule has 0 amide bonds. The van der Waals surface area contributed by atoms with Crippen molar-refractivity contribution in [3.05, 3.63) is 30.3 Å². The minimum atomic E-state index is -4.12. The molecule has 2 aliphatic carbocycles. The van der Waals surface area contributed by atoms with Crippen molar-refractivity contribution < 1.29 is 31.7 Å². The van der Waals surface area contributed by atoms with Gasteiger partial charge in [-0.05, 0) is 71.9 Å². The lowest BCUT2D eigenvalue weighted by molar-refractivity contribution is -0.171. The van der Waals surface area contributed by atoms with Gasteiger partial charge in [-0.1, -0.05) is 25.1 Å². The summed E-state index contributed by atoms with van der Waals surface area (Å²) in [5.74, 6) is -2.46. The number of carbonyl (C=O) groups excluding carboxylic acids is 2. The number of hydrogen-bond donors (Lipinski definition) is 0. The summed E-state index contributed by atoms with van der Waals surface area (Å²) in [7, 11) is -4.12. The van der Waals surface area contributed by atoms with Gasteiger partial charge in [0, 0.05) is 5.92 Å². The molecule has 5 atom stereocenters. The van der Waals surface area contributed by atoms with E-state index in [0.717, 1.165) is 0 Å². The fraction of sp³-hybridized carbons (Fsp3) is 0.667. The predicted molar refractivity (Wildman–Crippen MR) is 119 cm³/mol. The van der Waals surface area contributed by atoms with Gasteiger partial charge in [-0.2, -0.15) is 8.42 Å². The van der Waals surface area contributed by atoms with Crippen LogP contribution < -0.4 is 4.18 Å². The number of rotatable bonds is 7. The number of esters is 2. The molecule has 2 bridgehead atoms. The molecule has 2 fully saturated rings. The van der Waals surface area contributed by atoms with E-state index in [1.165, 1.54) is 0 Å². The molecule has 7 nitrogen and oxygen atoms in total. The molecule has 3 rings (SSSR count). The molecule has 8 heteroatoms. The van der Waals surface area contributed by atoms with Gasteiger partial charge in [0.2, 0.25) is 0 Å². The van der Waals surface area contributed by atoms with Crippen molar-refractivity contribution in [1.82, 2.24) is 0 Å². The summed E-state index contributed by atoms with van der Waals surface area (Å²) < 4.78 is 43.3. The highest BCUT2D eigenvalue weighted by molar-refractivity contribution is 7.87. The number of fused-ring (bicyclic) bond motifs is 2. The van der Waals surface area contributed by atoms with Crippen LogP contribution in [-0.4, -0.2) is 37.3 Å². The van der Waals surface area contributed by atoms with Gasteiger partial charge in [-0.15, -0.1) is 0 Å². The van der Waals surface area contributed by atoms with Gasteiger partial charge < -0.3 is 13.7 Å². The topological polar surface area (TPSA) is 96.0 Å². The number of ether oxygens (including phenoxy) is 2. The monoisotopic (exact) mass is 466 g/mol. The van der Waals surface area contributed by atoms with Crippen LogP contribution in [0.3, 0.4) is 0 Å². The molecule has 0 spiro atoms. The Morgan fingerprint density at radius 1 is 1.03 bits per heavy atom. The lowest BCUT2D eigenvalue weighted by Crippen LogP contribution is -2.48. The summed E-state index contributed by atoms with van der Waals surface area (Å²) in [4.78, 5) is 25.8. The number of hydrogen-bond acceptors (Lipinski definition) is 7. The maximum atomic E-state index is 13.3. The first-order chi connectivity index (χ1) is 14.7. The second-order valence-electron chi connectivity index (χ2n) is 10.5. The molecule has 5 unspecified atom stereocenters. The van der Waals surface area contributed by atoms with Gasteiger partial charge in [-0.25, -0.2) is 0 Å². The fourth-order valence-corrected chi connectivity index (χ4v) is 6.45. The SMILES string of the molecule is CCC(C)(C)C(=O)OC1CC2CC1C(C(=O)OC(C)(C)C)C2S(=O)(=O)Oc1ccccc1. The Morgan fingerprint density at radius 3 is 2.22 bits per heavy atom. The minimum Gasteiger partial charge on any atom is -0.462 e. The summed E-state index contributed by atoms with van der Waals surface area (Å²) in [6.45, 7) is 10.8. The predicted octanol–water partition coefficient (Wildman–Crippen LogP) is 4.11. The molecular weight excluding hydrogens is 432 g/mol. The van der Waals surface area contributed by atoms with E-state index in [2.05, 4.69) is 0 Å². The van der Waals surface area contributed by atoms with Crippen molar-refractivity contribution in [3.63, 3.8) is 0 Å². The van der Waals surface area contributed by atoms with Gasteiger partial charge in [0.1, 0.15) is 22.7 Å². The minimum absolute atomic E-state index is 0.200. The van der Waals surface area contributed by atoms with E-state index in [1.54, 1.807) is 51.1 Å². The van der Waals surface area contributed by atoms with E-state index >= 15 is 0 Å². The van der Waals surface area contributed by atoms with E-state index in [1.807, 2.05) is 20.8 Å². The van der Waals surface area contributed by atoms with Crippen LogP contribution >= 0.6 is 0 Å². The molecular formula is C24H34O7S. The molecule has 0 saturated heterocycles. The van der Waals surface area contributed by atoms with Crippen LogP contribution in [0.1, 0.15) is 60.8 Å².